The van der Waals surface area contributed by atoms with Gasteiger partial charge in [-0.2, -0.15) is 0 Å². The molecule has 0 spiro atoms. The Labute approximate surface area is 97.1 Å². The van der Waals surface area contributed by atoms with Crippen LogP contribution < -0.4 is 5.32 Å². The molecule has 2 heteroatoms. The molecule has 1 aromatic heterocycles. The van der Waals surface area contributed by atoms with Crippen molar-refractivity contribution in [1.29, 1.82) is 0 Å². The lowest BCUT2D eigenvalue weighted by Crippen LogP contribution is -2.06. The molecule has 0 fully saturated rings. The number of aromatic nitrogens is 1. The molecule has 0 saturated heterocycles. The average Bonchev–Trinajstić information content (AvgIpc) is 2.56. The van der Waals surface area contributed by atoms with E-state index in [2.05, 4.69) is 49.3 Å². The van der Waals surface area contributed by atoms with E-state index in [9.17, 15) is 0 Å². The van der Waals surface area contributed by atoms with E-state index in [1.165, 1.54) is 27.7 Å². The monoisotopic (exact) mass is 216 g/mol. The van der Waals surface area contributed by atoms with Crippen LogP contribution in [-0.2, 0) is 6.54 Å². The Morgan fingerprint density at radius 1 is 1.31 bits per heavy atom. The average molecular weight is 216 g/mol. The first-order valence-corrected chi connectivity index (χ1v) is 5.89. The molecular weight excluding hydrogens is 196 g/mol. The summed E-state index contributed by atoms with van der Waals surface area (Å²) >= 11 is 0. The lowest BCUT2D eigenvalue weighted by molar-refractivity contribution is 0.794. The highest BCUT2D eigenvalue weighted by molar-refractivity contribution is 5.85. The number of aromatic amines is 1. The molecule has 0 amide bonds. The van der Waals surface area contributed by atoms with Crippen molar-refractivity contribution in [3.8, 4) is 0 Å². The quantitative estimate of drug-likeness (QED) is 0.809. The van der Waals surface area contributed by atoms with Gasteiger partial charge in [0.05, 0.1) is 0 Å². The molecule has 0 unspecified atom stereocenters. The van der Waals surface area contributed by atoms with E-state index in [1.54, 1.807) is 0 Å². The van der Waals surface area contributed by atoms with Crippen molar-refractivity contribution in [2.75, 3.05) is 7.05 Å². The second-order valence-corrected chi connectivity index (χ2v) is 4.72. The fraction of sp³-hybridized carbons (Fsp3) is 0.429. The predicted molar refractivity (Wildman–Crippen MR) is 69.9 cm³/mol. The van der Waals surface area contributed by atoms with Gasteiger partial charge in [0, 0.05) is 23.1 Å². The minimum absolute atomic E-state index is 0.589. The Balaban J connectivity index is 2.55. The minimum atomic E-state index is 0.589. The van der Waals surface area contributed by atoms with Crippen LogP contribution in [0.1, 0.15) is 36.6 Å². The molecule has 2 N–H and O–H groups in total. The second-order valence-electron chi connectivity index (χ2n) is 4.72. The standard InChI is InChI=1S/C14H20N2/c1-9(2)11-5-6-13-12(7-11)10(3)14(16-13)8-15-4/h5-7,9,15-16H,8H2,1-4H3. The lowest BCUT2D eigenvalue weighted by Gasteiger charge is -2.04. The van der Waals surface area contributed by atoms with Crippen LogP contribution in [0.15, 0.2) is 18.2 Å². The van der Waals surface area contributed by atoms with Crippen LogP contribution in [0, 0.1) is 6.92 Å². The summed E-state index contributed by atoms with van der Waals surface area (Å²) in [5, 5.41) is 4.55. The molecule has 2 nitrogen and oxygen atoms in total. The van der Waals surface area contributed by atoms with Crippen molar-refractivity contribution in [2.45, 2.75) is 33.2 Å². The molecule has 16 heavy (non-hydrogen) atoms. The van der Waals surface area contributed by atoms with Gasteiger partial charge < -0.3 is 10.3 Å². The van der Waals surface area contributed by atoms with Crippen molar-refractivity contribution >= 4 is 10.9 Å². The van der Waals surface area contributed by atoms with Crippen molar-refractivity contribution in [3.63, 3.8) is 0 Å². The Morgan fingerprint density at radius 3 is 2.69 bits per heavy atom. The zero-order chi connectivity index (χ0) is 11.7. The van der Waals surface area contributed by atoms with E-state index in [-0.39, 0.29) is 0 Å². The Kier molecular flexibility index (Phi) is 3.01. The highest BCUT2D eigenvalue weighted by Crippen LogP contribution is 2.25. The molecular formula is C14H20N2. The van der Waals surface area contributed by atoms with Gasteiger partial charge in [-0.05, 0) is 43.1 Å². The zero-order valence-corrected chi connectivity index (χ0v) is 10.5. The zero-order valence-electron chi connectivity index (χ0n) is 10.5. The molecule has 2 aromatic rings. The minimum Gasteiger partial charge on any atom is -0.357 e. The molecule has 0 bridgehead atoms. The summed E-state index contributed by atoms with van der Waals surface area (Å²) in [6, 6.07) is 6.72. The molecule has 0 radical (unpaired) electrons. The molecule has 0 saturated carbocycles. The number of aryl methyl sites for hydroxylation is 1. The molecule has 0 aliphatic heterocycles. The fourth-order valence-corrected chi connectivity index (χ4v) is 2.11. The maximum atomic E-state index is 3.47. The summed E-state index contributed by atoms with van der Waals surface area (Å²) in [4.78, 5) is 3.47. The van der Waals surface area contributed by atoms with Crippen molar-refractivity contribution in [1.82, 2.24) is 10.3 Å². The van der Waals surface area contributed by atoms with E-state index in [0.29, 0.717) is 5.92 Å². The largest absolute Gasteiger partial charge is 0.357 e. The van der Waals surface area contributed by atoms with Gasteiger partial charge >= 0.3 is 0 Å². The smallest absolute Gasteiger partial charge is 0.0459 e. The highest BCUT2D eigenvalue weighted by atomic mass is 14.9. The molecule has 0 atom stereocenters. The summed E-state index contributed by atoms with van der Waals surface area (Å²) in [7, 11) is 1.98. The molecule has 86 valence electrons. The van der Waals surface area contributed by atoms with E-state index < -0.39 is 0 Å². The van der Waals surface area contributed by atoms with Crippen LogP contribution in [0.3, 0.4) is 0 Å². The third-order valence-corrected chi connectivity index (χ3v) is 3.21. The number of H-pyrrole nitrogens is 1. The highest BCUT2D eigenvalue weighted by Gasteiger charge is 2.08. The molecule has 0 aliphatic rings. The number of hydrogen-bond acceptors (Lipinski definition) is 1. The third kappa shape index (κ3) is 1.85. The summed E-state index contributed by atoms with van der Waals surface area (Å²) in [6.45, 7) is 7.56. The maximum absolute atomic E-state index is 3.47. The van der Waals surface area contributed by atoms with E-state index in [1.807, 2.05) is 7.05 Å². The third-order valence-electron chi connectivity index (χ3n) is 3.21. The summed E-state index contributed by atoms with van der Waals surface area (Å²) in [6.07, 6.45) is 0. The molecule has 0 aliphatic carbocycles. The summed E-state index contributed by atoms with van der Waals surface area (Å²) in [5.41, 5.74) is 5.31. The van der Waals surface area contributed by atoms with Gasteiger partial charge in [0.1, 0.15) is 0 Å². The van der Waals surface area contributed by atoms with Crippen molar-refractivity contribution < 1.29 is 0 Å². The van der Waals surface area contributed by atoms with Crippen LogP contribution in [0.2, 0.25) is 0 Å². The summed E-state index contributed by atoms with van der Waals surface area (Å²) < 4.78 is 0. The number of hydrogen-bond donors (Lipinski definition) is 2. The number of fused-ring (bicyclic) bond motifs is 1. The number of benzene rings is 1. The first kappa shape index (κ1) is 11.2. The van der Waals surface area contributed by atoms with E-state index in [4.69, 9.17) is 0 Å². The van der Waals surface area contributed by atoms with Gasteiger partial charge in [0.15, 0.2) is 0 Å². The first-order valence-electron chi connectivity index (χ1n) is 5.89. The Bertz CT molecular complexity index is 495. The van der Waals surface area contributed by atoms with Crippen molar-refractivity contribution in [3.05, 3.63) is 35.0 Å². The van der Waals surface area contributed by atoms with Crippen molar-refractivity contribution in [2.24, 2.45) is 0 Å². The first-order chi connectivity index (χ1) is 7.63. The van der Waals surface area contributed by atoms with Crippen LogP contribution in [0.5, 0.6) is 0 Å². The number of rotatable bonds is 3. The van der Waals surface area contributed by atoms with E-state index in [0.717, 1.165) is 6.54 Å². The lowest BCUT2D eigenvalue weighted by atomic mass is 10.0. The van der Waals surface area contributed by atoms with Crippen LogP contribution in [0.4, 0.5) is 0 Å². The van der Waals surface area contributed by atoms with Gasteiger partial charge in [-0.15, -0.1) is 0 Å². The maximum Gasteiger partial charge on any atom is 0.0459 e. The Hall–Kier alpha value is -1.28. The second kappa shape index (κ2) is 4.30. The fourth-order valence-electron chi connectivity index (χ4n) is 2.11. The van der Waals surface area contributed by atoms with Gasteiger partial charge in [-0.1, -0.05) is 19.9 Å². The SMILES string of the molecule is CNCc1[nH]c2ccc(C(C)C)cc2c1C. The van der Waals surface area contributed by atoms with Crippen LogP contribution in [0.25, 0.3) is 10.9 Å². The van der Waals surface area contributed by atoms with Crippen LogP contribution >= 0.6 is 0 Å². The van der Waals surface area contributed by atoms with Gasteiger partial charge in [-0.3, -0.25) is 0 Å². The van der Waals surface area contributed by atoms with E-state index >= 15 is 0 Å². The molecule has 1 heterocycles. The van der Waals surface area contributed by atoms with Gasteiger partial charge in [0.2, 0.25) is 0 Å². The topological polar surface area (TPSA) is 27.8 Å². The number of nitrogens with one attached hydrogen (secondary N) is 2. The summed E-state index contributed by atoms with van der Waals surface area (Å²) in [5.74, 6) is 0.589. The normalized spacial score (nSPS) is 11.6. The van der Waals surface area contributed by atoms with Crippen LogP contribution in [-0.4, -0.2) is 12.0 Å². The molecule has 1 aromatic carbocycles. The Morgan fingerprint density at radius 2 is 2.06 bits per heavy atom. The van der Waals surface area contributed by atoms with Gasteiger partial charge in [0.25, 0.3) is 0 Å². The predicted octanol–water partition coefficient (Wildman–Crippen LogP) is 3.32. The van der Waals surface area contributed by atoms with Gasteiger partial charge in [-0.25, -0.2) is 0 Å². The molecule has 2 rings (SSSR count).